The quantitative estimate of drug-likeness (QED) is 0.815. The van der Waals surface area contributed by atoms with Crippen molar-refractivity contribution in [1.82, 2.24) is 15.3 Å². The Bertz CT molecular complexity index is 674. The van der Waals surface area contributed by atoms with Crippen LogP contribution in [-0.2, 0) is 14.3 Å². The van der Waals surface area contributed by atoms with Gasteiger partial charge in [0.05, 0.1) is 12.7 Å². The van der Waals surface area contributed by atoms with E-state index in [4.69, 9.17) is 9.47 Å². The van der Waals surface area contributed by atoms with E-state index < -0.39 is 0 Å². The van der Waals surface area contributed by atoms with Crippen molar-refractivity contribution in [3.63, 3.8) is 0 Å². The Balaban J connectivity index is 1.18. The SMILES string of the molecule is Cc1cncnc1N1CCC2(CCC(CNC(=O)CC3CCOCC3)OC2)CC1. The average molecular weight is 403 g/mol. The van der Waals surface area contributed by atoms with Crippen molar-refractivity contribution in [3.05, 3.63) is 18.1 Å². The van der Waals surface area contributed by atoms with Gasteiger partial charge in [0.2, 0.25) is 5.91 Å². The first kappa shape index (κ1) is 20.5. The summed E-state index contributed by atoms with van der Waals surface area (Å²) in [6.07, 6.45) is 10.8. The van der Waals surface area contributed by atoms with Crippen LogP contribution in [0.4, 0.5) is 5.82 Å². The fourth-order valence-corrected chi connectivity index (χ4v) is 4.90. The maximum absolute atomic E-state index is 12.2. The third kappa shape index (κ3) is 5.25. The number of nitrogens with one attached hydrogen (secondary N) is 1. The molecule has 1 aromatic rings. The Hall–Kier alpha value is -1.73. The second-order valence-corrected chi connectivity index (χ2v) is 9.05. The Morgan fingerprint density at radius 1 is 1.24 bits per heavy atom. The molecule has 0 saturated carbocycles. The fourth-order valence-electron chi connectivity index (χ4n) is 4.90. The topological polar surface area (TPSA) is 76.6 Å². The lowest BCUT2D eigenvalue weighted by Gasteiger charge is -2.46. The van der Waals surface area contributed by atoms with Gasteiger partial charge in [0, 0.05) is 51.0 Å². The molecule has 0 radical (unpaired) electrons. The number of rotatable bonds is 5. The molecular formula is C22H34N4O3. The molecule has 29 heavy (non-hydrogen) atoms. The number of nitrogens with zero attached hydrogens (tertiary/aromatic N) is 3. The Labute approximate surface area is 173 Å². The number of carbonyl (C=O) groups excluding carboxylic acids is 1. The number of aromatic nitrogens is 2. The molecule has 7 nitrogen and oxygen atoms in total. The van der Waals surface area contributed by atoms with Crippen LogP contribution in [0, 0.1) is 18.3 Å². The van der Waals surface area contributed by atoms with Crippen LogP contribution in [0.15, 0.2) is 12.5 Å². The lowest BCUT2D eigenvalue weighted by Crippen LogP contribution is -2.48. The standard InChI is InChI=1S/C22H34N4O3/c1-17-13-23-16-25-21(17)26-8-6-22(7-9-26)5-2-19(29-15-22)14-24-20(27)12-18-3-10-28-11-4-18/h13,16,18-19H,2-12,14-15H2,1H3,(H,24,27). The van der Waals surface area contributed by atoms with Crippen molar-refractivity contribution in [2.24, 2.45) is 11.3 Å². The number of hydrogen-bond acceptors (Lipinski definition) is 6. The molecule has 4 heterocycles. The number of anilines is 1. The lowest BCUT2D eigenvalue weighted by atomic mass is 9.73. The van der Waals surface area contributed by atoms with E-state index in [1.165, 1.54) is 6.42 Å². The largest absolute Gasteiger partial charge is 0.381 e. The molecule has 0 aromatic carbocycles. The number of aryl methyl sites for hydroxylation is 1. The maximum Gasteiger partial charge on any atom is 0.220 e. The van der Waals surface area contributed by atoms with Crippen LogP contribution in [-0.4, -0.2) is 61.4 Å². The molecule has 0 bridgehead atoms. The van der Waals surface area contributed by atoms with Crippen LogP contribution in [0.3, 0.4) is 0 Å². The van der Waals surface area contributed by atoms with Crippen molar-refractivity contribution in [3.8, 4) is 0 Å². The molecular weight excluding hydrogens is 368 g/mol. The average Bonchev–Trinajstić information content (AvgIpc) is 2.75. The van der Waals surface area contributed by atoms with Gasteiger partial charge in [-0.2, -0.15) is 0 Å². The second-order valence-electron chi connectivity index (χ2n) is 9.05. The van der Waals surface area contributed by atoms with Crippen molar-refractivity contribution < 1.29 is 14.3 Å². The molecule has 3 fully saturated rings. The molecule has 160 valence electrons. The molecule has 4 rings (SSSR count). The van der Waals surface area contributed by atoms with Gasteiger partial charge in [-0.15, -0.1) is 0 Å². The van der Waals surface area contributed by atoms with Crippen molar-refractivity contribution >= 4 is 11.7 Å². The van der Waals surface area contributed by atoms with Crippen LogP contribution in [0.5, 0.6) is 0 Å². The predicted octanol–water partition coefficient (Wildman–Crippen LogP) is 2.48. The third-order valence-electron chi connectivity index (χ3n) is 6.95. The summed E-state index contributed by atoms with van der Waals surface area (Å²) in [7, 11) is 0. The summed E-state index contributed by atoms with van der Waals surface area (Å²) < 4.78 is 11.6. The fraction of sp³-hybridized carbons (Fsp3) is 0.773. The molecule has 1 spiro atoms. The first-order valence-electron chi connectivity index (χ1n) is 11.1. The van der Waals surface area contributed by atoms with Gasteiger partial charge in [-0.05, 0) is 56.8 Å². The molecule has 1 atom stereocenters. The van der Waals surface area contributed by atoms with E-state index in [0.717, 1.165) is 76.4 Å². The Morgan fingerprint density at radius 3 is 2.72 bits per heavy atom. The molecule has 1 N–H and O–H groups in total. The van der Waals surface area contributed by atoms with Crippen LogP contribution >= 0.6 is 0 Å². The second kappa shape index (κ2) is 9.39. The maximum atomic E-state index is 12.2. The molecule has 0 aliphatic carbocycles. The first-order valence-corrected chi connectivity index (χ1v) is 11.1. The van der Waals surface area contributed by atoms with E-state index in [0.29, 0.717) is 24.3 Å². The van der Waals surface area contributed by atoms with Gasteiger partial charge in [0.25, 0.3) is 0 Å². The number of piperidine rings is 1. The van der Waals surface area contributed by atoms with Crippen molar-refractivity contribution in [1.29, 1.82) is 0 Å². The van der Waals surface area contributed by atoms with E-state index in [9.17, 15) is 4.79 Å². The third-order valence-corrected chi connectivity index (χ3v) is 6.95. The number of ether oxygens (including phenoxy) is 2. The zero-order chi connectivity index (χ0) is 20.1. The highest BCUT2D eigenvalue weighted by Gasteiger charge is 2.39. The van der Waals surface area contributed by atoms with Gasteiger partial charge in [-0.1, -0.05) is 0 Å². The molecule has 3 aliphatic heterocycles. The van der Waals surface area contributed by atoms with E-state index in [1.807, 2.05) is 6.20 Å². The van der Waals surface area contributed by atoms with E-state index in [1.54, 1.807) is 6.33 Å². The van der Waals surface area contributed by atoms with Gasteiger partial charge in [0.1, 0.15) is 12.1 Å². The zero-order valence-electron chi connectivity index (χ0n) is 17.6. The van der Waals surface area contributed by atoms with E-state index in [-0.39, 0.29) is 12.0 Å². The molecule has 3 aliphatic rings. The summed E-state index contributed by atoms with van der Waals surface area (Å²) in [5.41, 5.74) is 1.43. The summed E-state index contributed by atoms with van der Waals surface area (Å²) in [5, 5.41) is 3.10. The summed E-state index contributed by atoms with van der Waals surface area (Å²) in [4.78, 5) is 23.2. The number of amides is 1. The van der Waals surface area contributed by atoms with Crippen LogP contribution in [0.25, 0.3) is 0 Å². The number of carbonyl (C=O) groups is 1. The zero-order valence-corrected chi connectivity index (χ0v) is 17.6. The highest BCUT2D eigenvalue weighted by atomic mass is 16.5. The van der Waals surface area contributed by atoms with Crippen molar-refractivity contribution in [2.45, 2.75) is 58.0 Å². The Kier molecular flexibility index (Phi) is 6.65. The van der Waals surface area contributed by atoms with E-state index >= 15 is 0 Å². The molecule has 7 heteroatoms. The van der Waals surface area contributed by atoms with Crippen LogP contribution < -0.4 is 10.2 Å². The van der Waals surface area contributed by atoms with E-state index in [2.05, 4.69) is 27.1 Å². The summed E-state index contributed by atoms with van der Waals surface area (Å²) in [5.74, 6) is 1.70. The van der Waals surface area contributed by atoms with Crippen molar-refractivity contribution in [2.75, 3.05) is 44.4 Å². The van der Waals surface area contributed by atoms with Gasteiger partial charge in [-0.3, -0.25) is 4.79 Å². The molecule has 3 saturated heterocycles. The summed E-state index contributed by atoms with van der Waals surface area (Å²) in [6.45, 7) is 7.15. The van der Waals surface area contributed by atoms with Crippen LogP contribution in [0.2, 0.25) is 0 Å². The minimum Gasteiger partial charge on any atom is -0.381 e. The monoisotopic (exact) mass is 402 g/mol. The summed E-state index contributed by atoms with van der Waals surface area (Å²) in [6, 6.07) is 0. The van der Waals surface area contributed by atoms with Gasteiger partial charge in [0.15, 0.2) is 0 Å². The van der Waals surface area contributed by atoms with Gasteiger partial charge in [-0.25, -0.2) is 9.97 Å². The molecule has 1 aromatic heterocycles. The minimum absolute atomic E-state index is 0.154. The highest BCUT2D eigenvalue weighted by Crippen LogP contribution is 2.41. The first-order chi connectivity index (χ1) is 14.1. The Morgan fingerprint density at radius 2 is 2.03 bits per heavy atom. The summed E-state index contributed by atoms with van der Waals surface area (Å²) >= 11 is 0. The smallest absolute Gasteiger partial charge is 0.220 e. The highest BCUT2D eigenvalue weighted by molar-refractivity contribution is 5.76. The lowest BCUT2D eigenvalue weighted by molar-refractivity contribution is -0.124. The number of hydrogen-bond donors (Lipinski definition) is 1. The minimum atomic E-state index is 0.154. The normalized spacial score (nSPS) is 25.1. The predicted molar refractivity (Wildman–Crippen MR) is 111 cm³/mol. The van der Waals surface area contributed by atoms with Gasteiger partial charge >= 0.3 is 0 Å². The molecule has 1 amide bonds. The molecule has 1 unspecified atom stereocenters. The van der Waals surface area contributed by atoms with Crippen LogP contribution in [0.1, 0.15) is 50.5 Å². The van der Waals surface area contributed by atoms with Gasteiger partial charge < -0.3 is 19.7 Å².